The summed E-state index contributed by atoms with van der Waals surface area (Å²) in [4.78, 5) is 36.5. The highest BCUT2D eigenvalue weighted by atomic mass is 79.9. The number of nitrogens with one attached hydrogen (secondary N) is 3. The summed E-state index contributed by atoms with van der Waals surface area (Å²) in [7, 11) is 0. The van der Waals surface area contributed by atoms with Gasteiger partial charge in [-0.15, -0.1) is 11.3 Å². The van der Waals surface area contributed by atoms with E-state index in [4.69, 9.17) is 0 Å². The molecule has 26 heavy (non-hydrogen) atoms. The predicted octanol–water partition coefficient (Wildman–Crippen LogP) is 3.21. The van der Waals surface area contributed by atoms with Crippen molar-refractivity contribution in [3.63, 3.8) is 0 Å². The molecule has 0 aliphatic rings. The Morgan fingerprint density at radius 1 is 1.12 bits per heavy atom. The van der Waals surface area contributed by atoms with Crippen LogP contribution in [-0.4, -0.2) is 24.3 Å². The maximum atomic E-state index is 12.1. The summed E-state index contributed by atoms with van der Waals surface area (Å²) in [6, 6.07) is 9.18. The molecule has 0 aliphatic carbocycles. The lowest BCUT2D eigenvalue weighted by Crippen LogP contribution is -2.27. The van der Waals surface area contributed by atoms with Crippen LogP contribution in [0, 0.1) is 6.92 Å². The summed E-state index contributed by atoms with van der Waals surface area (Å²) in [5.74, 6) is -0.504. The second-order valence-corrected chi connectivity index (χ2v) is 7.77. The van der Waals surface area contributed by atoms with E-state index in [1.807, 2.05) is 25.1 Å². The lowest BCUT2D eigenvalue weighted by Gasteiger charge is -2.09. The van der Waals surface area contributed by atoms with E-state index in [9.17, 15) is 14.4 Å². The van der Waals surface area contributed by atoms with Crippen molar-refractivity contribution in [3.8, 4) is 0 Å². The first kappa shape index (κ1) is 20.1. The molecule has 1 aromatic heterocycles. The van der Waals surface area contributed by atoms with Crippen LogP contribution in [0.2, 0.25) is 0 Å². The lowest BCUT2D eigenvalue weighted by molar-refractivity contribution is -0.119. The predicted molar refractivity (Wildman–Crippen MR) is 106 cm³/mol. The van der Waals surface area contributed by atoms with E-state index in [1.165, 1.54) is 18.3 Å². The fraction of sp³-hybridized carbons (Fsp3) is 0.278. The van der Waals surface area contributed by atoms with Crippen LogP contribution in [0.5, 0.6) is 0 Å². The van der Waals surface area contributed by atoms with E-state index in [1.54, 1.807) is 12.1 Å². The zero-order valence-electron chi connectivity index (χ0n) is 14.5. The number of benzene rings is 1. The summed E-state index contributed by atoms with van der Waals surface area (Å²) in [5, 5.41) is 8.26. The van der Waals surface area contributed by atoms with Crippen molar-refractivity contribution < 1.29 is 14.4 Å². The van der Waals surface area contributed by atoms with Gasteiger partial charge in [-0.3, -0.25) is 14.4 Å². The van der Waals surface area contributed by atoms with Gasteiger partial charge in [0.1, 0.15) is 0 Å². The van der Waals surface area contributed by atoms with Gasteiger partial charge in [0.15, 0.2) is 0 Å². The molecule has 0 saturated heterocycles. The molecular weight excluding hydrogens is 418 g/mol. The molecule has 1 aromatic carbocycles. The number of thiophene rings is 1. The van der Waals surface area contributed by atoms with Crippen LogP contribution < -0.4 is 16.0 Å². The first-order chi connectivity index (χ1) is 12.3. The van der Waals surface area contributed by atoms with Crippen molar-refractivity contribution in [1.82, 2.24) is 10.6 Å². The van der Waals surface area contributed by atoms with Gasteiger partial charge in [-0.2, -0.15) is 0 Å². The number of aryl methyl sites for hydroxylation is 1. The third kappa shape index (κ3) is 6.27. The van der Waals surface area contributed by atoms with E-state index in [0.29, 0.717) is 11.4 Å². The third-order valence-corrected chi connectivity index (χ3v) is 5.09. The van der Waals surface area contributed by atoms with Crippen molar-refractivity contribution >= 4 is 50.7 Å². The molecule has 0 unspecified atom stereocenters. The average molecular weight is 438 g/mol. The highest BCUT2D eigenvalue weighted by Crippen LogP contribution is 2.20. The smallest absolute Gasteiger partial charge is 0.261 e. The van der Waals surface area contributed by atoms with Crippen LogP contribution in [0.1, 0.15) is 33.5 Å². The van der Waals surface area contributed by atoms with E-state index in [-0.39, 0.29) is 30.7 Å². The van der Waals surface area contributed by atoms with Gasteiger partial charge in [0, 0.05) is 34.9 Å². The molecule has 0 saturated carbocycles. The molecule has 3 N–H and O–H groups in total. The Morgan fingerprint density at radius 2 is 1.88 bits per heavy atom. The Labute approximate surface area is 164 Å². The van der Waals surface area contributed by atoms with Gasteiger partial charge in [-0.25, -0.2) is 0 Å². The fourth-order valence-corrected chi connectivity index (χ4v) is 3.35. The minimum atomic E-state index is -0.226. The molecule has 138 valence electrons. The Bertz CT molecular complexity index is 820. The normalized spacial score (nSPS) is 10.3. The summed E-state index contributed by atoms with van der Waals surface area (Å²) < 4.78 is 0.888. The SMILES string of the molecule is CC(=O)NCc1ccc(C(=O)NCCC(=O)Nc2cc(Br)ccc2C)s1. The maximum Gasteiger partial charge on any atom is 0.261 e. The Morgan fingerprint density at radius 3 is 2.62 bits per heavy atom. The highest BCUT2D eigenvalue weighted by molar-refractivity contribution is 9.10. The third-order valence-electron chi connectivity index (χ3n) is 3.51. The summed E-state index contributed by atoms with van der Waals surface area (Å²) in [6.07, 6.45) is 0.182. The molecule has 0 spiro atoms. The average Bonchev–Trinajstić information content (AvgIpc) is 3.05. The molecule has 1 heterocycles. The quantitative estimate of drug-likeness (QED) is 0.621. The molecule has 0 fully saturated rings. The van der Waals surface area contributed by atoms with Crippen LogP contribution in [0.3, 0.4) is 0 Å². The summed E-state index contributed by atoms with van der Waals surface area (Å²) >= 11 is 4.69. The molecule has 6 nitrogen and oxygen atoms in total. The molecule has 3 amide bonds. The van der Waals surface area contributed by atoms with Crippen LogP contribution >= 0.6 is 27.3 Å². The molecular formula is C18H20BrN3O3S. The van der Waals surface area contributed by atoms with Crippen molar-refractivity contribution in [2.45, 2.75) is 26.8 Å². The molecule has 0 radical (unpaired) electrons. The second-order valence-electron chi connectivity index (χ2n) is 5.69. The van der Waals surface area contributed by atoms with Gasteiger partial charge in [0.25, 0.3) is 5.91 Å². The number of carbonyl (C=O) groups excluding carboxylic acids is 3. The number of anilines is 1. The zero-order valence-corrected chi connectivity index (χ0v) is 16.9. The number of hydrogen-bond donors (Lipinski definition) is 3. The van der Waals surface area contributed by atoms with Crippen molar-refractivity contribution in [1.29, 1.82) is 0 Å². The molecule has 2 rings (SSSR count). The van der Waals surface area contributed by atoms with E-state index < -0.39 is 0 Å². The standard InChI is InChI=1S/C18H20BrN3O3S/c1-11-3-4-13(19)9-15(11)22-17(24)7-8-20-18(25)16-6-5-14(26-16)10-21-12(2)23/h3-6,9H,7-8,10H2,1-2H3,(H,20,25)(H,21,23)(H,22,24). The topological polar surface area (TPSA) is 87.3 Å². The van der Waals surface area contributed by atoms with Crippen LogP contribution in [0.4, 0.5) is 5.69 Å². The number of hydrogen-bond acceptors (Lipinski definition) is 4. The minimum absolute atomic E-state index is 0.115. The minimum Gasteiger partial charge on any atom is -0.351 e. The Hall–Kier alpha value is -2.19. The van der Waals surface area contributed by atoms with Gasteiger partial charge in [0.2, 0.25) is 11.8 Å². The first-order valence-corrected chi connectivity index (χ1v) is 9.63. The molecule has 0 aliphatic heterocycles. The van der Waals surface area contributed by atoms with Crippen molar-refractivity contribution in [2.75, 3.05) is 11.9 Å². The largest absolute Gasteiger partial charge is 0.351 e. The van der Waals surface area contributed by atoms with Crippen LogP contribution in [0.15, 0.2) is 34.8 Å². The zero-order chi connectivity index (χ0) is 19.1. The highest BCUT2D eigenvalue weighted by Gasteiger charge is 2.11. The fourth-order valence-electron chi connectivity index (χ4n) is 2.12. The molecule has 2 aromatic rings. The van der Waals surface area contributed by atoms with E-state index in [0.717, 1.165) is 20.6 Å². The van der Waals surface area contributed by atoms with E-state index in [2.05, 4.69) is 31.9 Å². The van der Waals surface area contributed by atoms with Gasteiger partial charge < -0.3 is 16.0 Å². The maximum absolute atomic E-state index is 12.1. The van der Waals surface area contributed by atoms with Crippen LogP contribution in [-0.2, 0) is 16.1 Å². The van der Waals surface area contributed by atoms with Crippen molar-refractivity contribution in [2.24, 2.45) is 0 Å². The molecule has 0 atom stereocenters. The van der Waals surface area contributed by atoms with Crippen molar-refractivity contribution in [3.05, 3.63) is 50.1 Å². The number of halogens is 1. The number of carbonyl (C=O) groups is 3. The monoisotopic (exact) mass is 437 g/mol. The number of rotatable bonds is 7. The van der Waals surface area contributed by atoms with Gasteiger partial charge in [0.05, 0.1) is 11.4 Å². The Balaban J connectivity index is 1.78. The van der Waals surface area contributed by atoms with Gasteiger partial charge >= 0.3 is 0 Å². The summed E-state index contributed by atoms with van der Waals surface area (Å²) in [5.41, 5.74) is 1.72. The van der Waals surface area contributed by atoms with Crippen LogP contribution in [0.25, 0.3) is 0 Å². The van der Waals surface area contributed by atoms with E-state index >= 15 is 0 Å². The number of amides is 3. The van der Waals surface area contributed by atoms with Gasteiger partial charge in [-0.1, -0.05) is 22.0 Å². The summed E-state index contributed by atoms with van der Waals surface area (Å²) in [6.45, 7) is 4.01. The molecule has 0 bridgehead atoms. The van der Waals surface area contributed by atoms with Gasteiger partial charge in [-0.05, 0) is 36.8 Å². The molecule has 8 heteroatoms. The lowest BCUT2D eigenvalue weighted by atomic mass is 10.2. The Kier molecular flexibility index (Phi) is 7.35. The second kappa shape index (κ2) is 9.49. The first-order valence-electron chi connectivity index (χ1n) is 8.02.